The predicted octanol–water partition coefficient (Wildman–Crippen LogP) is 5.79. The number of benzene rings is 2. The summed E-state index contributed by atoms with van der Waals surface area (Å²) >= 11 is 1.31. The maximum absolute atomic E-state index is 14.0. The molecule has 2 aromatic carbocycles. The molecule has 3 aromatic rings. The Morgan fingerprint density at radius 2 is 1.57 bits per heavy atom. The molecule has 0 saturated heterocycles. The van der Waals surface area contributed by atoms with E-state index < -0.39 is 11.6 Å². The third kappa shape index (κ3) is 6.86. The Bertz CT molecular complexity index is 1240. The van der Waals surface area contributed by atoms with Crippen LogP contribution in [0, 0.1) is 27.7 Å². The van der Waals surface area contributed by atoms with Crippen LogP contribution in [-0.4, -0.2) is 29.8 Å². The molecular weight excluding hydrogens is 482 g/mol. The van der Waals surface area contributed by atoms with E-state index in [-0.39, 0.29) is 24.3 Å². The Morgan fingerprint density at radius 1 is 0.946 bits per heavy atom. The molecule has 0 saturated carbocycles. The highest BCUT2D eigenvalue weighted by Gasteiger charge is 2.36. The van der Waals surface area contributed by atoms with E-state index in [0.29, 0.717) is 16.1 Å². The maximum Gasteiger partial charge on any atom is 0.261 e. The van der Waals surface area contributed by atoms with Crippen LogP contribution in [0.3, 0.4) is 0 Å². The van der Waals surface area contributed by atoms with Crippen LogP contribution < -0.4 is 15.5 Å². The molecule has 2 N–H and O–H groups in total. The van der Waals surface area contributed by atoms with E-state index in [9.17, 15) is 14.4 Å². The number of aryl methyl sites for hydroxylation is 4. The summed E-state index contributed by atoms with van der Waals surface area (Å²) in [7, 11) is 0. The fourth-order valence-electron chi connectivity index (χ4n) is 4.34. The van der Waals surface area contributed by atoms with Crippen molar-refractivity contribution in [1.82, 2.24) is 10.6 Å². The number of hydrogen-bond acceptors (Lipinski definition) is 4. The van der Waals surface area contributed by atoms with Crippen LogP contribution in [0.2, 0.25) is 0 Å². The summed E-state index contributed by atoms with van der Waals surface area (Å²) in [6.07, 6.45) is 0.729. The summed E-state index contributed by atoms with van der Waals surface area (Å²) in [6.45, 7) is 13.6. The van der Waals surface area contributed by atoms with Gasteiger partial charge in [-0.2, -0.15) is 0 Å². The molecule has 1 aromatic heterocycles. The van der Waals surface area contributed by atoms with Gasteiger partial charge < -0.3 is 10.6 Å². The van der Waals surface area contributed by atoms with Gasteiger partial charge in [0, 0.05) is 5.54 Å². The molecule has 0 spiro atoms. The molecule has 0 aliphatic rings. The Hall–Kier alpha value is -3.45. The molecule has 1 atom stereocenters. The normalized spacial score (nSPS) is 12.1. The molecule has 3 amide bonds. The first-order valence-corrected chi connectivity index (χ1v) is 13.4. The molecule has 7 heteroatoms. The second kappa shape index (κ2) is 11.7. The first kappa shape index (κ1) is 28.1. The average molecular weight is 520 g/mol. The summed E-state index contributed by atoms with van der Waals surface area (Å²) < 4.78 is 0. The Kier molecular flexibility index (Phi) is 8.92. The van der Waals surface area contributed by atoms with Gasteiger partial charge in [-0.25, -0.2) is 0 Å². The standard InChI is InChI=1S/C30H37N3O3S/c1-8-30(6,7)32-29(36)27(23-13-11-19(2)12-14-23)33(26-21(4)16-20(3)17-22(26)5)25(34)18-31-28(35)24-10-9-15-37-24/h9-17,27H,8,18H2,1-7H3,(H,31,35)(H,32,36). The lowest BCUT2D eigenvalue weighted by molar-refractivity contribution is -0.127. The van der Waals surface area contributed by atoms with Gasteiger partial charge in [-0.1, -0.05) is 60.5 Å². The number of anilines is 1. The molecular formula is C30H37N3O3S. The second-order valence-corrected chi connectivity index (χ2v) is 11.2. The number of amides is 3. The molecule has 0 aliphatic carbocycles. The lowest BCUT2D eigenvalue weighted by atomic mass is 9.96. The van der Waals surface area contributed by atoms with Crippen LogP contribution in [0.1, 0.15) is 70.7 Å². The minimum absolute atomic E-state index is 0.240. The van der Waals surface area contributed by atoms with Crippen molar-refractivity contribution in [2.24, 2.45) is 0 Å². The summed E-state index contributed by atoms with van der Waals surface area (Å²) in [5.41, 5.74) is 4.81. The van der Waals surface area contributed by atoms with Gasteiger partial charge in [-0.05, 0) is 76.1 Å². The quantitative estimate of drug-likeness (QED) is 0.376. The number of nitrogens with zero attached hydrogens (tertiary/aromatic N) is 1. The van der Waals surface area contributed by atoms with Crippen molar-refractivity contribution in [2.75, 3.05) is 11.4 Å². The minimum atomic E-state index is -0.919. The topological polar surface area (TPSA) is 78.5 Å². The first-order valence-electron chi connectivity index (χ1n) is 12.5. The molecule has 1 unspecified atom stereocenters. The number of hydrogen-bond donors (Lipinski definition) is 2. The zero-order chi connectivity index (χ0) is 27.3. The summed E-state index contributed by atoms with van der Waals surface area (Å²) in [4.78, 5) is 42.6. The smallest absolute Gasteiger partial charge is 0.261 e. The largest absolute Gasteiger partial charge is 0.349 e. The summed E-state index contributed by atoms with van der Waals surface area (Å²) in [5.74, 6) is -0.952. The van der Waals surface area contributed by atoms with Gasteiger partial charge in [0.05, 0.1) is 17.1 Å². The maximum atomic E-state index is 14.0. The molecule has 0 radical (unpaired) electrons. The summed E-state index contributed by atoms with van der Waals surface area (Å²) in [6, 6.07) is 14.3. The van der Waals surface area contributed by atoms with Crippen molar-refractivity contribution >= 4 is 34.7 Å². The van der Waals surface area contributed by atoms with Gasteiger partial charge in [0.1, 0.15) is 6.04 Å². The van der Waals surface area contributed by atoms with E-state index in [4.69, 9.17) is 0 Å². The monoisotopic (exact) mass is 519 g/mol. The highest BCUT2D eigenvalue weighted by molar-refractivity contribution is 7.12. The van der Waals surface area contributed by atoms with Gasteiger partial charge in [-0.3, -0.25) is 19.3 Å². The van der Waals surface area contributed by atoms with Crippen molar-refractivity contribution in [2.45, 2.75) is 66.5 Å². The van der Waals surface area contributed by atoms with Gasteiger partial charge in [0.25, 0.3) is 5.91 Å². The van der Waals surface area contributed by atoms with Crippen LogP contribution in [-0.2, 0) is 9.59 Å². The van der Waals surface area contributed by atoms with E-state index >= 15 is 0 Å². The number of carbonyl (C=O) groups is 3. The number of nitrogens with one attached hydrogen (secondary N) is 2. The van der Waals surface area contributed by atoms with Crippen LogP contribution in [0.5, 0.6) is 0 Å². The molecule has 1 heterocycles. The van der Waals surface area contributed by atoms with Gasteiger partial charge >= 0.3 is 0 Å². The number of thiophene rings is 1. The zero-order valence-electron chi connectivity index (χ0n) is 22.8. The Labute approximate surface area is 224 Å². The number of rotatable bonds is 9. The molecule has 0 fully saturated rings. The van der Waals surface area contributed by atoms with E-state index in [0.717, 1.165) is 28.7 Å². The van der Waals surface area contributed by atoms with Gasteiger partial charge in [0.2, 0.25) is 11.8 Å². The predicted molar refractivity (Wildman–Crippen MR) is 151 cm³/mol. The van der Waals surface area contributed by atoms with Crippen molar-refractivity contribution in [3.63, 3.8) is 0 Å². The van der Waals surface area contributed by atoms with E-state index in [1.54, 1.807) is 17.0 Å². The summed E-state index contributed by atoms with van der Waals surface area (Å²) in [5, 5.41) is 7.71. The number of carbonyl (C=O) groups excluding carboxylic acids is 3. The molecule has 37 heavy (non-hydrogen) atoms. The van der Waals surface area contributed by atoms with Crippen molar-refractivity contribution < 1.29 is 14.4 Å². The lowest BCUT2D eigenvalue weighted by Crippen LogP contribution is -2.52. The molecule has 0 aliphatic heterocycles. The van der Waals surface area contributed by atoms with E-state index in [1.807, 2.05) is 90.2 Å². The van der Waals surface area contributed by atoms with E-state index in [1.165, 1.54) is 11.3 Å². The zero-order valence-corrected chi connectivity index (χ0v) is 23.6. The fraction of sp³-hybridized carbons (Fsp3) is 0.367. The highest BCUT2D eigenvalue weighted by atomic mass is 32.1. The Balaban J connectivity index is 2.12. The van der Waals surface area contributed by atoms with Crippen LogP contribution in [0.25, 0.3) is 0 Å². The third-order valence-electron chi connectivity index (χ3n) is 6.54. The second-order valence-electron chi connectivity index (χ2n) is 10.2. The highest BCUT2D eigenvalue weighted by Crippen LogP contribution is 2.34. The molecule has 3 rings (SSSR count). The molecule has 6 nitrogen and oxygen atoms in total. The van der Waals surface area contributed by atoms with E-state index in [2.05, 4.69) is 10.6 Å². The van der Waals surface area contributed by atoms with Crippen LogP contribution in [0.4, 0.5) is 5.69 Å². The fourth-order valence-corrected chi connectivity index (χ4v) is 4.98. The third-order valence-corrected chi connectivity index (χ3v) is 7.40. The SMILES string of the molecule is CCC(C)(C)NC(=O)C(c1ccc(C)cc1)N(C(=O)CNC(=O)c1cccs1)c1c(C)cc(C)cc1C. The lowest BCUT2D eigenvalue weighted by Gasteiger charge is -2.36. The Morgan fingerprint density at radius 3 is 2.11 bits per heavy atom. The van der Waals surface area contributed by atoms with Gasteiger partial charge in [-0.15, -0.1) is 11.3 Å². The van der Waals surface area contributed by atoms with Crippen molar-refractivity contribution in [3.05, 3.63) is 86.6 Å². The molecule has 196 valence electrons. The average Bonchev–Trinajstić information content (AvgIpc) is 3.37. The first-order chi connectivity index (χ1) is 17.4. The minimum Gasteiger partial charge on any atom is -0.349 e. The van der Waals surface area contributed by atoms with Crippen molar-refractivity contribution in [1.29, 1.82) is 0 Å². The molecule has 0 bridgehead atoms. The van der Waals surface area contributed by atoms with Crippen molar-refractivity contribution in [3.8, 4) is 0 Å². The van der Waals surface area contributed by atoms with Crippen LogP contribution >= 0.6 is 11.3 Å². The van der Waals surface area contributed by atoms with Gasteiger partial charge in [0.15, 0.2) is 0 Å². The van der Waals surface area contributed by atoms with Crippen LogP contribution in [0.15, 0.2) is 53.9 Å².